The van der Waals surface area contributed by atoms with Gasteiger partial charge in [-0.2, -0.15) is 0 Å². The molecular weight excluding hydrogens is 1000 g/mol. The number of carbonyl (C=O) groups excluding carboxylic acids is 1. The normalized spacial score (nSPS) is 22.2. The fraction of sp³-hybridized carbons (Fsp3) is 0.591. The molecule has 0 bridgehead atoms. The topological polar surface area (TPSA) is 508 Å². The third-order valence-corrected chi connectivity index (χ3v) is 14.1. The Morgan fingerprint density at radius 2 is 1.11 bits per heavy atom. The van der Waals surface area contributed by atoms with Crippen molar-refractivity contribution in [2.75, 3.05) is 13.2 Å². The van der Waals surface area contributed by atoms with E-state index in [0.717, 1.165) is 15.3 Å². The number of hydrogen-bond acceptors (Lipinski definition) is 23. The Bertz CT molecular complexity index is 2430. The first-order chi connectivity index (χ1) is 26.1. The minimum absolute atomic E-state index is 0. The van der Waals surface area contributed by atoms with Crippen molar-refractivity contribution < 1.29 is 258 Å². The Morgan fingerprint density at radius 3 is 1.43 bits per heavy atom. The van der Waals surface area contributed by atoms with Gasteiger partial charge in [-0.1, -0.05) is 10.2 Å². The molecule has 2 aromatic rings. The number of aromatic nitrogens is 4. The van der Waals surface area contributed by atoms with Crippen LogP contribution >= 0.6 is 30.4 Å². The van der Waals surface area contributed by atoms with Crippen molar-refractivity contribution in [3.05, 3.63) is 86.1 Å². The van der Waals surface area contributed by atoms with Crippen LogP contribution in [0.5, 0.6) is 0 Å². The number of nitrogens with one attached hydrogen (secondary N) is 2. The molecular formula is C22H26N10Na6O21P4. The average Bonchev–Trinajstić information content (AvgIpc) is 3.69. The van der Waals surface area contributed by atoms with Crippen LogP contribution in [0.25, 0.3) is 20.9 Å². The summed E-state index contributed by atoms with van der Waals surface area (Å²) in [4.78, 5) is 133. The molecule has 4 heterocycles. The standard InChI is InChI=1S/C11H17N5O11P2.C11H15N5O10P2.6Na/c1-5-3-16(10(18)13-9(5)17)8-2-6(14-15-12)7(27-8)4-26-29(24,25)11(19,20)28(21,22)23;1-5-3-16(10(18)13-9(5)17)8-2-6(14-15-12)7(26-8)4-25-28(23,24)11(19)27(20,21)22;;;;;;/h3,6-8,19-20H,2,4H2,1H3,(H,24,25)(H,13,17,18)(H2,21,22,23);3,6-8H,2,4H2,1H3,(H,23,24)(H,13,17,18)(H2,20,21,22);;;;;;/q;;6*+1/p-6/t2*6?,7-,8-;;;;;;/m11....../s1. The number of carbonyl (C=O) groups is 1. The van der Waals surface area contributed by atoms with Crippen LogP contribution in [0.4, 0.5) is 4.79 Å². The largest absolute Gasteiger partial charge is 1.00 e. The number of aliphatic hydroxyl groups is 2. The van der Waals surface area contributed by atoms with E-state index in [1.807, 2.05) is 9.97 Å². The second-order valence-corrected chi connectivity index (χ2v) is 19.0. The van der Waals surface area contributed by atoms with E-state index in [9.17, 15) is 71.6 Å². The van der Waals surface area contributed by atoms with Crippen LogP contribution < -0.4 is 229 Å². The quantitative estimate of drug-likeness (QED) is 0.0341. The van der Waals surface area contributed by atoms with Gasteiger partial charge in [0.1, 0.15) is 12.5 Å². The third-order valence-electron chi connectivity index (χ3n) is 7.74. The molecule has 63 heavy (non-hydrogen) atoms. The number of H-pyrrole nitrogens is 2. The molecule has 0 aliphatic carbocycles. The van der Waals surface area contributed by atoms with E-state index in [2.05, 4.69) is 29.1 Å². The molecule has 0 aromatic carbocycles. The van der Waals surface area contributed by atoms with Gasteiger partial charge in [-0.05, 0) is 24.9 Å². The maximum Gasteiger partial charge on any atom is 1.00 e. The smallest absolute Gasteiger partial charge is 0.807 e. The van der Waals surface area contributed by atoms with Crippen LogP contribution in [-0.4, -0.2) is 77.4 Å². The van der Waals surface area contributed by atoms with E-state index in [1.54, 1.807) is 0 Å². The van der Waals surface area contributed by atoms with Crippen molar-refractivity contribution in [2.45, 2.75) is 68.7 Å². The van der Waals surface area contributed by atoms with Crippen molar-refractivity contribution in [1.29, 1.82) is 0 Å². The molecule has 41 heteroatoms. The monoisotopic (exact) mass is 1030 g/mol. The van der Waals surface area contributed by atoms with Crippen molar-refractivity contribution >= 4 is 35.6 Å². The number of rotatable bonds is 14. The molecule has 2 fully saturated rings. The fourth-order valence-electron chi connectivity index (χ4n) is 4.83. The predicted octanol–water partition coefficient (Wildman–Crippen LogP) is -22.7. The molecule has 4 N–H and O–H groups in total. The van der Waals surface area contributed by atoms with Crippen LogP contribution in [0, 0.1) is 13.8 Å². The maximum atomic E-state index is 11.9. The molecule has 31 nitrogen and oxygen atoms in total. The van der Waals surface area contributed by atoms with Crippen LogP contribution in [-0.2, 0) is 36.8 Å². The Balaban J connectivity index is -0.000000505. The first kappa shape index (κ1) is 71.6. The molecule has 316 valence electrons. The van der Waals surface area contributed by atoms with E-state index in [1.165, 1.54) is 20.0 Å². The van der Waals surface area contributed by atoms with Gasteiger partial charge in [0.15, 0.2) is 7.60 Å². The number of nitrogens with zero attached hydrogens (tertiary/aromatic N) is 8. The Kier molecular flexibility index (Phi) is 33.5. The zero-order valence-corrected chi connectivity index (χ0v) is 50.0. The van der Waals surface area contributed by atoms with Crippen LogP contribution in [0.2, 0.25) is 0 Å². The first-order valence-corrected chi connectivity index (χ1v) is 21.2. The number of azide groups is 2. The Hall–Kier alpha value is 2.09. The summed E-state index contributed by atoms with van der Waals surface area (Å²) in [5, 5.41) is 17.6. The minimum atomic E-state index is -6.45. The molecule has 2 saturated heterocycles. The van der Waals surface area contributed by atoms with Gasteiger partial charge in [0, 0.05) is 61.4 Å². The van der Waals surface area contributed by atoms with E-state index < -0.39 is 113 Å². The van der Waals surface area contributed by atoms with E-state index in [-0.39, 0.29) is 201 Å². The Morgan fingerprint density at radius 1 is 0.762 bits per heavy atom. The summed E-state index contributed by atoms with van der Waals surface area (Å²) in [5.74, 6) is 0. The van der Waals surface area contributed by atoms with Crippen molar-refractivity contribution in [2.24, 2.45) is 10.2 Å². The summed E-state index contributed by atoms with van der Waals surface area (Å²) in [5.41, 5.74) is 14.6. The van der Waals surface area contributed by atoms with Gasteiger partial charge in [0.25, 0.3) is 16.4 Å². The number of hydrogen-bond donors (Lipinski definition) is 4. The zero-order valence-electron chi connectivity index (χ0n) is 34.5. The molecule has 8 atom stereocenters. The number of ether oxygens (including phenoxy) is 2. The van der Waals surface area contributed by atoms with E-state index in [4.69, 9.17) is 30.7 Å². The van der Waals surface area contributed by atoms with Gasteiger partial charge >= 0.3 is 189 Å². The van der Waals surface area contributed by atoms with Crippen LogP contribution in [0.3, 0.4) is 0 Å². The molecule has 4 rings (SSSR count). The first-order valence-electron chi connectivity index (χ1n) is 15.1. The predicted molar refractivity (Wildman–Crippen MR) is 170 cm³/mol. The van der Waals surface area contributed by atoms with Crippen molar-refractivity contribution in [1.82, 2.24) is 19.1 Å². The van der Waals surface area contributed by atoms with Gasteiger partial charge in [-0.15, -0.1) is 0 Å². The molecule has 2 aliphatic rings. The van der Waals surface area contributed by atoms with E-state index in [0.29, 0.717) is 0 Å². The Labute approximate surface area is 484 Å². The SMILES string of the molecule is Cc1cn([C@H]2CC(N=[N+]=[N-])[C@@H](COP(=O)([O-])C(=O)P(=O)([O-])[O-])O2)c(=O)[nH]c1=O.Cc1cn([C@H]2CC(N=[N+]=[N-])[C@@H](COP(=O)([O-])C(O)(O)P(=O)([O-])[O-])O2)c(=O)[nH]c1=O.[Na+].[Na+].[Na+].[Na+].[Na+].[Na+]. The van der Waals surface area contributed by atoms with Gasteiger partial charge in [-0.25, -0.2) is 9.59 Å². The molecule has 0 saturated carbocycles. The summed E-state index contributed by atoms with van der Waals surface area (Å²) in [6.07, 6.45) is -2.86. The molecule has 2 aliphatic heterocycles. The van der Waals surface area contributed by atoms with E-state index >= 15 is 0 Å². The fourth-order valence-corrected chi connectivity index (χ4v) is 8.55. The van der Waals surface area contributed by atoms with Crippen molar-refractivity contribution in [3.63, 3.8) is 0 Å². The second-order valence-electron chi connectivity index (χ2n) is 11.7. The van der Waals surface area contributed by atoms with Gasteiger partial charge in [0.05, 0.1) is 37.5 Å². The summed E-state index contributed by atoms with van der Waals surface area (Å²) in [7, 11) is -24.3. The molecule has 0 spiro atoms. The summed E-state index contributed by atoms with van der Waals surface area (Å²) >= 11 is 0. The molecule has 4 unspecified atom stereocenters. The summed E-state index contributed by atoms with van der Waals surface area (Å²) in [6, 6.07) is -2.18. The summed E-state index contributed by atoms with van der Waals surface area (Å²) < 4.78 is 65.7. The molecule has 0 amide bonds. The molecule has 2 aromatic heterocycles. The van der Waals surface area contributed by atoms with Gasteiger partial charge in [0.2, 0.25) is 12.9 Å². The van der Waals surface area contributed by atoms with Gasteiger partial charge in [-0.3, -0.25) is 33.5 Å². The third kappa shape index (κ3) is 19.0. The number of aryl methyl sites for hydroxylation is 2. The average molecular weight is 1030 g/mol. The van der Waals surface area contributed by atoms with Gasteiger partial charge < -0.3 is 76.4 Å². The van der Waals surface area contributed by atoms with Crippen molar-refractivity contribution in [3.8, 4) is 0 Å². The maximum absolute atomic E-state index is 11.9. The minimum Gasteiger partial charge on any atom is -0.807 e. The molecule has 0 radical (unpaired) electrons. The number of aromatic amines is 2. The summed E-state index contributed by atoms with van der Waals surface area (Å²) in [6.45, 7) is 0.790. The second kappa shape index (κ2) is 29.4. The zero-order chi connectivity index (χ0) is 43.5. The van der Waals surface area contributed by atoms with Crippen LogP contribution in [0.1, 0.15) is 36.4 Å². The van der Waals surface area contributed by atoms with Crippen LogP contribution in [0.15, 0.2) is 41.8 Å².